The molecule has 1 amide bonds. The van der Waals surface area contributed by atoms with Gasteiger partial charge in [-0.1, -0.05) is 17.7 Å². The molecule has 0 saturated heterocycles. The van der Waals surface area contributed by atoms with E-state index in [-0.39, 0.29) is 5.91 Å². The second kappa shape index (κ2) is 6.87. The van der Waals surface area contributed by atoms with E-state index in [9.17, 15) is 4.79 Å². The number of methoxy groups -OCH3 is 1. The predicted octanol–water partition coefficient (Wildman–Crippen LogP) is 4.63. The molecule has 2 aromatic rings. The Morgan fingerprint density at radius 1 is 1.24 bits per heavy atom. The van der Waals surface area contributed by atoms with Crippen molar-refractivity contribution in [1.29, 1.82) is 0 Å². The lowest BCUT2D eigenvalue weighted by Gasteiger charge is -2.11. The monoisotopic (exact) mass is 321 g/mol. The molecule has 0 aliphatic rings. The fraction of sp³-hybridized carbons (Fsp3) is 0.188. The molecule has 2 rings (SSSR count). The molecule has 0 radical (unpaired) electrons. The molecule has 0 bridgehead atoms. The summed E-state index contributed by atoms with van der Waals surface area (Å²) in [7, 11) is 1.57. The van der Waals surface area contributed by atoms with Crippen molar-refractivity contribution in [2.24, 2.45) is 0 Å². The van der Waals surface area contributed by atoms with E-state index in [1.54, 1.807) is 37.1 Å². The Labute approximate surface area is 133 Å². The minimum absolute atomic E-state index is 0.171. The van der Waals surface area contributed by atoms with Crippen molar-refractivity contribution in [2.45, 2.75) is 11.8 Å². The first-order chi connectivity index (χ1) is 10.0. The van der Waals surface area contributed by atoms with Crippen molar-refractivity contribution >= 4 is 35.0 Å². The van der Waals surface area contributed by atoms with Gasteiger partial charge in [0.05, 0.1) is 17.8 Å². The summed E-state index contributed by atoms with van der Waals surface area (Å²) in [6.45, 7) is 1.91. The number of ether oxygens (including phenoxy) is 1. The molecule has 5 heteroatoms. The fourth-order valence-corrected chi connectivity index (χ4v) is 2.54. The number of carbonyl (C=O) groups is 1. The number of rotatable bonds is 4. The lowest BCUT2D eigenvalue weighted by Crippen LogP contribution is -2.13. The van der Waals surface area contributed by atoms with E-state index >= 15 is 0 Å². The standard InChI is InChI=1S/C16H16ClNO2S/c1-10-4-6-12(21-3)9-13(10)16(19)18-15-7-5-11(20-2)8-14(15)17/h4-9H,1-3H3,(H,18,19). The number of amides is 1. The lowest BCUT2D eigenvalue weighted by atomic mass is 10.1. The highest BCUT2D eigenvalue weighted by Crippen LogP contribution is 2.27. The summed E-state index contributed by atoms with van der Waals surface area (Å²) in [5.74, 6) is 0.481. The molecule has 0 unspecified atom stereocenters. The van der Waals surface area contributed by atoms with Crippen molar-refractivity contribution in [3.8, 4) is 5.75 Å². The number of aryl methyl sites for hydroxylation is 1. The smallest absolute Gasteiger partial charge is 0.256 e. The van der Waals surface area contributed by atoms with Gasteiger partial charge >= 0.3 is 0 Å². The number of anilines is 1. The lowest BCUT2D eigenvalue weighted by molar-refractivity contribution is 0.102. The molecular weight excluding hydrogens is 306 g/mol. The van der Waals surface area contributed by atoms with Gasteiger partial charge < -0.3 is 10.1 Å². The van der Waals surface area contributed by atoms with Crippen LogP contribution in [0.2, 0.25) is 5.02 Å². The largest absolute Gasteiger partial charge is 0.497 e. The van der Waals surface area contributed by atoms with Gasteiger partial charge in [0.25, 0.3) is 5.91 Å². The van der Waals surface area contributed by atoms with Crippen LogP contribution >= 0.6 is 23.4 Å². The van der Waals surface area contributed by atoms with Gasteiger partial charge in [0.1, 0.15) is 5.75 Å². The van der Waals surface area contributed by atoms with Gasteiger partial charge in [-0.2, -0.15) is 0 Å². The van der Waals surface area contributed by atoms with Gasteiger partial charge in [0.15, 0.2) is 0 Å². The molecule has 0 heterocycles. The van der Waals surface area contributed by atoms with Gasteiger partial charge in [0.2, 0.25) is 0 Å². The van der Waals surface area contributed by atoms with E-state index in [4.69, 9.17) is 16.3 Å². The Kier molecular flexibility index (Phi) is 5.15. The molecule has 0 fully saturated rings. The first kappa shape index (κ1) is 15.7. The maximum Gasteiger partial charge on any atom is 0.256 e. The minimum Gasteiger partial charge on any atom is -0.497 e. The summed E-state index contributed by atoms with van der Waals surface area (Å²) in [5.41, 5.74) is 2.14. The molecule has 21 heavy (non-hydrogen) atoms. The zero-order valence-electron chi connectivity index (χ0n) is 12.1. The second-order valence-corrected chi connectivity index (χ2v) is 5.77. The number of thioether (sulfide) groups is 1. The van der Waals surface area contributed by atoms with Crippen molar-refractivity contribution in [3.05, 3.63) is 52.5 Å². The van der Waals surface area contributed by atoms with Crippen molar-refractivity contribution in [1.82, 2.24) is 0 Å². The summed E-state index contributed by atoms with van der Waals surface area (Å²) in [5, 5.41) is 3.28. The highest BCUT2D eigenvalue weighted by atomic mass is 35.5. The third-order valence-corrected chi connectivity index (χ3v) is 4.15. The normalized spacial score (nSPS) is 10.3. The highest BCUT2D eigenvalue weighted by Gasteiger charge is 2.12. The Morgan fingerprint density at radius 3 is 2.62 bits per heavy atom. The van der Waals surface area contributed by atoms with Crippen LogP contribution in [0.3, 0.4) is 0 Å². The SMILES string of the molecule is COc1ccc(NC(=O)c2cc(SC)ccc2C)c(Cl)c1. The van der Waals surface area contributed by atoms with Gasteiger partial charge in [-0.15, -0.1) is 11.8 Å². The topological polar surface area (TPSA) is 38.3 Å². The van der Waals surface area contributed by atoms with Crippen LogP contribution in [-0.4, -0.2) is 19.3 Å². The summed E-state index contributed by atoms with van der Waals surface area (Å²) in [6, 6.07) is 11.0. The summed E-state index contributed by atoms with van der Waals surface area (Å²) < 4.78 is 5.09. The quantitative estimate of drug-likeness (QED) is 0.834. The number of benzene rings is 2. The predicted molar refractivity (Wildman–Crippen MR) is 88.9 cm³/mol. The molecule has 0 aliphatic heterocycles. The van der Waals surface area contributed by atoms with Crippen molar-refractivity contribution in [2.75, 3.05) is 18.7 Å². The fourth-order valence-electron chi connectivity index (χ4n) is 1.89. The molecule has 2 aromatic carbocycles. The van der Waals surface area contributed by atoms with Crippen LogP contribution in [0.5, 0.6) is 5.75 Å². The molecular formula is C16H16ClNO2S. The van der Waals surface area contributed by atoms with Crippen LogP contribution < -0.4 is 10.1 Å². The molecule has 0 aromatic heterocycles. The van der Waals surface area contributed by atoms with E-state index in [0.717, 1.165) is 10.5 Å². The molecule has 110 valence electrons. The van der Waals surface area contributed by atoms with E-state index in [1.807, 2.05) is 31.4 Å². The zero-order valence-corrected chi connectivity index (χ0v) is 13.6. The first-order valence-electron chi connectivity index (χ1n) is 6.34. The summed E-state index contributed by atoms with van der Waals surface area (Å²) in [6.07, 6.45) is 1.98. The maximum atomic E-state index is 12.4. The van der Waals surface area contributed by atoms with Crippen LogP contribution in [0.4, 0.5) is 5.69 Å². The van der Waals surface area contributed by atoms with Crippen LogP contribution in [0.1, 0.15) is 15.9 Å². The Balaban J connectivity index is 2.26. The summed E-state index contributed by atoms with van der Waals surface area (Å²) in [4.78, 5) is 13.4. The van der Waals surface area contributed by atoms with E-state index in [1.165, 1.54) is 0 Å². The van der Waals surface area contributed by atoms with E-state index < -0.39 is 0 Å². The Hall–Kier alpha value is -1.65. The van der Waals surface area contributed by atoms with E-state index in [2.05, 4.69) is 5.32 Å². The summed E-state index contributed by atoms with van der Waals surface area (Å²) >= 11 is 7.74. The van der Waals surface area contributed by atoms with Crippen LogP contribution in [0.25, 0.3) is 0 Å². The average Bonchev–Trinajstić information content (AvgIpc) is 2.49. The maximum absolute atomic E-state index is 12.4. The van der Waals surface area contributed by atoms with E-state index in [0.29, 0.717) is 22.0 Å². The Morgan fingerprint density at radius 2 is 2.00 bits per heavy atom. The molecule has 1 N–H and O–H groups in total. The minimum atomic E-state index is -0.171. The van der Waals surface area contributed by atoms with Gasteiger partial charge in [-0.3, -0.25) is 4.79 Å². The Bertz CT molecular complexity index is 673. The molecule has 0 spiro atoms. The molecule has 0 saturated carbocycles. The van der Waals surface area contributed by atoms with Crippen molar-refractivity contribution < 1.29 is 9.53 Å². The number of hydrogen-bond acceptors (Lipinski definition) is 3. The zero-order chi connectivity index (χ0) is 15.4. The molecule has 0 atom stereocenters. The molecule has 0 aliphatic carbocycles. The van der Waals surface area contributed by atoms with Gasteiger partial charge in [-0.05, 0) is 43.0 Å². The number of halogens is 1. The number of carbonyl (C=O) groups excluding carboxylic acids is 1. The van der Waals surface area contributed by atoms with Crippen LogP contribution in [0, 0.1) is 6.92 Å². The number of hydrogen-bond donors (Lipinski definition) is 1. The average molecular weight is 322 g/mol. The van der Waals surface area contributed by atoms with Crippen LogP contribution in [-0.2, 0) is 0 Å². The van der Waals surface area contributed by atoms with Gasteiger partial charge in [0, 0.05) is 16.5 Å². The second-order valence-electron chi connectivity index (χ2n) is 4.48. The van der Waals surface area contributed by atoms with Crippen LogP contribution in [0.15, 0.2) is 41.3 Å². The van der Waals surface area contributed by atoms with Crippen molar-refractivity contribution in [3.63, 3.8) is 0 Å². The first-order valence-corrected chi connectivity index (χ1v) is 7.95. The molecule has 3 nitrogen and oxygen atoms in total. The third-order valence-electron chi connectivity index (χ3n) is 3.11. The number of nitrogens with one attached hydrogen (secondary N) is 1. The highest BCUT2D eigenvalue weighted by molar-refractivity contribution is 7.98. The van der Waals surface area contributed by atoms with Gasteiger partial charge in [-0.25, -0.2) is 0 Å². The third kappa shape index (κ3) is 3.71.